The van der Waals surface area contributed by atoms with Crippen LogP contribution in [-0.4, -0.2) is 23.7 Å². The molecule has 0 aliphatic heterocycles. The number of benzene rings is 1. The number of fused-ring (bicyclic) bond motifs is 1. The van der Waals surface area contributed by atoms with Crippen LogP contribution in [0.2, 0.25) is 0 Å². The van der Waals surface area contributed by atoms with Crippen molar-refractivity contribution < 1.29 is 8.42 Å². The molecule has 0 bridgehead atoms. The molecule has 1 aromatic carbocycles. The second kappa shape index (κ2) is 4.01. The first kappa shape index (κ1) is 11.1. The van der Waals surface area contributed by atoms with E-state index in [1.165, 1.54) is 0 Å². The van der Waals surface area contributed by atoms with Crippen LogP contribution >= 0.6 is 11.7 Å². The molecule has 0 spiro atoms. The number of hydrogen-bond acceptors (Lipinski definition) is 5. The van der Waals surface area contributed by atoms with Gasteiger partial charge in [-0.1, -0.05) is 6.07 Å². The molecule has 0 radical (unpaired) electrons. The minimum Gasteiger partial charge on any atom is -0.211 e. The number of nitrogens with zero attached hydrogens (tertiary/aromatic N) is 2. The van der Waals surface area contributed by atoms with Crippen LogP contribution in [0.5, 0.6) is 0 Å². The van der Waals surface area contributed by atoms with E-state index in [0.29, 0.717) is 23.5 Å². The lowest BCUT2D eigenvalue weighted by Gasteiger charge is -2.05. The molecule has 1 heterocycles. The van der Waals surface area contributed by atoms with Crippen LogP contribution in [0.15, 0.2) is 23.1 Å². The zero-order chi connectivity index (χ0) is 11.9. The summed E-state index contributed by atoms with van der Waals surface area (Å²) in [5.41, 5.74) is 1.09. The SMILES string of the molecule is O=S(=O)(NCC1CC1)c1cccc2nsnc12. The second-order valence-electron chi connectivity index (χ2n) is 4.18. The van der Waals surface area contributed by atoms with E-state index in [2.05, 4.69) is 13.5 Å². The predicted molar refractivity (Wildman–Crippen MR) is 65.3 cm³/mol. The molecule has 0 atom stereocenters. The lowest BCUT2D eigenvalue weighted by molar-refractivity contribution is 0.578. The summed E-state index contributed by atoms with van der Waals surface area (Å²) in [6.07, 6.45) is 2.23. The molecule has 17 heavy (non-hydrogen) atoms. The summed E-state index contributed by atoms with van der Waals surface area (Å²) in [5.74, 6) is 0.512. The molecule has 0 saturated heterocycles. The number of rotatable bonds is 4. The highest BCUT2D eigenvalue weighted by Gasteiger charge is 2.25. The molecule has 3 rings (SSSR count). The van der Waals surface area contributed by atoms with E-state index < -0.39 is 10.0 Å². The smallest absolute Gasteiger partial charge is 0.211 e. The Morgan fingerprint density at radius 3 is 2.94 bits per heavy atom. The molecular formula is C10H11N3O2S2. The van der Waals surface area contributed by atoms with Gasteiger partial charge in [0.25, 0.3) is 0 Å². The van der Waals surface area contributed by atoms with Crippen molar-refractivity contribution in [2.24, 2.45) is 5.92 Å². The predicted octanol–water partition coefficient (Wildman–Crippen LogP) is 1.38. The van der Waals surface area contributed by atoms with Crippen LogP contribution < -0.4 is 4.72 Å². The van der Waals surface area contributed by atoms with Gasteiger partial charge in [-0.25, -0.2) is 13.1 Å². The fraction of sp³-hybridized carbons (Fsp3) is 0.400. The fourth-order valence-electron chi connectivity index (χ4n) is 1.63. The molecule has 7 heteroatoms. The summed E-state index contributed by atoms with van der Waals surface area (Å²) >= 11 is 1.03. The van der Waals surface area contributed by atoms with Gasteiger partial charge in [0.2, 0.25) is 10.0 Å². The van der Waals surface area contributed by atoms with Gasteiger partial charge in [-0.2, -0.15) is 8.75 Å². The van der Waals surface area contributed by atoms with Gasteiger partial charge in [-0.15, -0.1) is 0 Å². The molecule has 1 fully saturated rings. The summed E-state index contributed by atoms with van der Waals surface area (Å²) in [4.78, 5) is 0.226. The highest BCUT2D eigenvalue weighted by molar-refractivity contribution is 7.89. The quantitative estimate of drug-likeness (QED) is 0.910. The van der Waals surface area contributed by atoms with E-state index in [0.717, 1.165) is 24.6 Å². The van der Waals surface area contributed by atoms with Crippen molar-refractivity contribution in [3.63, 3.8) is 0 Å². The monoisotopic (exact) mass is 269 g/mol. The molecule has 0 amide bonds. The minimum absolute atomic E-state index is 0.226. The van der Waals surface area contributed by atoms with Gasteiger partial charge < -0.3 is 0 Å². The van der Waals surface area contributed by atoms with E-state index in [4.69, 9.17) is 0 Å². The molecule has 5 nitrogen and oxygen atoms in total. The lowest BCUT2D eigenvalue weighted by Crippen LogP contribution is -2.26. The van der Waals surface area contributed by atoms with E-state index in [1.54, 1.807) is 18.2 Å². The molecule has 1 saturated carbocycles. The number of sulfonamides is 1. The van der Waals surface area contributed by atoms with Crippen molar-refractivity contribution in [2.45, 2.75) is 17.7 Å². The van der Waals surface area contributed by atoms with Gasteiger partial charge in [-0.3, -0.25) is 0 Å². The van der Waals surface area contributed by atoms with E-state index in [9.17, 15) is 8.42 Å². The summed E-state index contributed by atoms with van der Waals surface area (Å²) in [7, 11) is -3.46. The molecule has 90 valence electrons. The standard InChI is InChI=1S/C10H11N3O2S2/c14-17(15,11-6-7-4-5-7)9-3-1-2-8-10(9)13-16-12-8/h1-3,7,11H,4-6H2. The molecule has 1 aliphatic rings. The Hall–Kier alpha value is -1.05. The van der Waals surface area contributed by atoms with Crippen molar-refractivity contribution in [1.82, 2.24) is 13.5 Å². The van der Waals surface area contributed by atoms with Crippen molar-refractivity contribution in [3.8, 4) is 0 Å². The zero-order valence-corrected chi connectivity index (χ0v) is 10.6. The fourth-order valence-corrected chi connectivity index (χ4v) is 3.51. The Bertz CT molecular complexity index is 646. The Kier molecular flexibility index (Phi) is 2.61. The molecule has 1 aliphatic carbocycles. The topological polar surface area (TPSA) is 72.0 Å². The largest absolute Gasteiger partial charge is 0.242 e. The van der Waals surface area contributed by atoms with Crippen molar-refractivity contribution in [2.75, 3.05) is 6.54 Å². The van der Waals surface area contributed by atoms with Crippen LogP contribution in [0.1, 0.15) is 12.8 Å². The van der Waals surface area contributed by atoms with Crippen LogP contribution in [-0.2, 0) is 10.0 Å². The third kappa shape index (κ3) is 2.18. The normalized spacial score (nSPS) is 16.5. The molecular weight excluding hydrogens is 258 g/mol. The lowest BCUT2D eigenvalue weighted by atomic mass is 10.3. The number of aromatic nitrogens is 2. The average molecular weight is 269 g/mol. The molecule has 1 aromatic heterocycles. The van der Waals surface area contributed by atoms with Crippen LogP contribution in [0.25, 0.3) is 11.0 Å². The van der Waals surface area contributed by atoms with Gasteiger partial charge in [0.1, 0.15) is 15.9 Å². The van der Waals surface area contributed by atoms with Crippen molar-refractivity contribution >= 4 is 32.8 Å². The van der Waals surface area contributed by atoms with Gasteiger partial charge in [0, 0.05) is 6.54 Å². The second-order valence-corrected chi connectivity index (χ2v) is 6.45. The highest BCUT2D eigenvalue weighted by atomic mass is 32.2. The van der Waals surface area contributed by atoms with Crippen molar-refractivity contribution in [1.29, 1.82) is 0 Å². The first-order chi connectivity index (χ1) is 8.17. The maximum absolute atomic E-state index is 12.1. The first-order valence-corrected chi connectivity index (χ1v) is 7.59. The first-order valence-electron chi connectivity index (χ1n) is 5.38. The number of nitrogens with one attached hydrogen (secondary N) is 1. The maximum atomic E-state index is 12.1. The number of hydrogen-bond donors (Lipinski definition) is 1. The summed E-state index contributed by atoms with van der Waals surface area (Å²) < 4.78 is 34.9. The molecule has 1 N–H and O–H groups in total. The molecule has 0 unspecified atom stereocenters. The van der Waals surface area contributed by atoms with Gasteiger partial charge in [0.15, 0.2) is 0 Å². The Labute approximate surface area is 103 Å². The van der Waals surface area contributed by atoms with Crippen LogP contribution in [0.3, 0.4) is 0 Å². The Balaban J connectivity index is 1.98. The highest BCUT2D eigenvalue weighted by Crippen LogP contribution is 2.28. The van der Waals surface area contributed by atoms with Crippen LogP contribution in [0, 0.1) is 5.92 Å². The van der Waals surface area contributed by atoms with E-state index >= 15 is 0 Å². The Morgan fingerprint density at radius 2 is 2.18 bits per heavy atom. The summed E-state index contributed by atoms with van der Waals surface area (Å²) in [6.45, 7) is 0.524. The minimum atomic E-state index is -3.46. The summed E-state index contributed by atoms with van der Waals surface area (Å²) in [5, 5.41) is 0. The van der Waals surface area contributed by atoms with E-state index in [-0.39, 0.29) is 4.90 Å². The van der Waals surface area contributed by atoms with Crippen LogP contribution in [0.4, 0.5) is 0 Å². The Morgan fingerprint density at radius 1 is 1.35 bits per heavy atom. The summed E-state index contributed by atoms with van der Waals surface area (Å²) in [6, 6.07) is 5.02. The zero-order valence-electron chi connectivity index (χ0n) is 8.96. The maximum Gasteiger partial charge on any atom is 0.242 e. The van der Waals surface area contributed by atoms with Crippen molar-refractivity contribution in [3.05, 3.63) is 18.2 Å². The van der Waals surface area contributed by atoms with Gasteiger partial charge in [-0.05, 0) is 30.9 Å². The molecule has 2 aromatic rings. The third-order valence-electron chi connectivity index (χ3n) is 2.80. The van der Waals surface area contributed by atoms with Gasteiger partial charge in [0.05, 0.1) is 11.7 Å². The van der Waals surface area contributed by atoms with E-state index in [1.807, 2.05) is 0 Å². The average Bonchev–Trinajstić information content (AvgIpc) is 3.02. The third-order valence-corrected chi connectivity index (χ3v) is 4.80. The van der Waals surface area contributed by atoms with Gasteiger partial charge >= 0.3 is 0 Å².